The zero-order chi connectivity index (χ0) is 11.6. The predicted molar refractivity (Wildman–Crippen MR) is 47.3 cm³/mol. The quantitative estimate of drug-likeness (QED) is 0.648. The summed E-state index contributed by atoms with van der Waals surface area (Å²) in [6.07, 6.45) is -0.403. The first-order chi connectivity index (χ1) is 6.93. The Balaban J connectivity index is 2.97. The molecule has 1 N–H and O–H groups in total. The summed E-state index contributed by atoms with van der Waals surface area (Å²) in [5.41, 5.74) is -0.267. The molecular weight excluding hydrogens is 233 g/mol. The average molecular weight is 239 g/mol. The first-order valence-electron chi connectivity index (χ1n) is 3.92. The summed E-state index contributed by atoms with van der Waals surface area (Å²) in [7, 11) is 0. The van der Waals surface area contributed by atoms with Crippen LogP contribution in [0.1, 0.15) is 5.56 Å². The number of rotatable bonds is 3. The highest BCUT2D eigenvalue weighted by Crippen LogP contribution is 2.18. The lowest BCUT2D eigenvalue weighted by Gasteiger charge is -2.06. The zero-order valence-corrected chi connectivity index (χ0v) is 8.06. The summed E-state index contributed by atoms with van der Waals surface area (Å²) in [5.74, 6) is -5.69. The summed E-state index contributed by atoms with van der Waals surface area (Å²) in [6, 6.07) is 1.69. The van der Waals surface area contributed by atoms with Crippen LogP contribution < -0.4 is 0 Å². The minimum atomic E-state index is -1.62. The normalized spacial score (nSPS) is 12.5. The fraction of sp³-hybridized carbons (Fsp3) is 0.222. The Kier molecular flexibility index (Phi) is 3.57. The molecule has 0 fully saturated rings. The summed E-state index contributed by atoms with van der Waals surface area (Å²) >= 11 is 5.33. The van der Waals surface area contributed by atoms with E-state index in [4.69, 9.17) is 16.7 Å². The topological polar surface area (TPSA) is 37.3 Å². The molecule has 2 nitrogen and oxygen atoms in total. The van der Waals surface area contributed by atoms with Crippen LogP contribution in [0.25, 0.3) is 0 Å². The summed E-state index contributed by atoms with van der Waals surface area (Å²) < 4.78 is 38.2. The lowest BCUT2D eigenvalue weighted by atomic mass is 10.1. The van der Waals surface area contributed by atoms with Crippen LogP contribution in [0.15, 0.2) is 12.1 Å². The van der Waals surface area contributed by atoms with E-state index in [1.165, 1.54) is 0 Å². The number of carboxylic acid groups (broad SMARTS) is 1. The van der Waals surface area contributed by atoms with Crippen LogP contribution in [0, 0.1) is 17.5 Å². The molecule has 6 heteroatoms. The molecule has 82 valence electrons. The Morgan fingerprint density at radius 3 is 2.47 bits per heavy atom. The van der Waals surface area contributed by atoms with Gasteiger partial charge in [-0.1, -0.05) is 6.07 Å². The van der Waals surface area contributed by atoms with E-state index in [0.717, 1.165) is 12.1 Å². The molecule has 0 saturated carbocycles. The number of carboxylic acids is 1. The molecular formula is C9H6ClF3O2. The number of alkyl halides is 1. The van der Waals surface area contributed by atoms with E-state index in [9.17, 15) is 18.0 Å². The number of hydrogen-bond acceptors (Lipinski definition) is 1. The number of halogens is 4. The van der Waals surface area contributed by atoms with Crippen molar-refractivity contribution in [2.75, 3.05) is 0 Å². The lowest BCUT2D eigenvalue weighted by molar-refractivity contribution is -0.136. The minimum Gasteiger partial charge on any atom is -0.480 e. The Labute approximate surface area is 88.3 Å². The highest BCUT2D eigenvalue weighted by Gasteiger charge is 2.19. The Hall–Kier alpha value is -1.23. The molecule has 0 aliphatic carbocycles. The van der Waals surface area contributed by atoms with Crippen LogP contribution in [0.3, 0.4) is 0 Å². The number of aliphatic carboxylic acids is 1. The van der Waals surface area contributed by atoms with Crippen LogP contribution in [0.2, 0.25) is 0 Å². The maximum atomic E-state index is 13.0. The van der Waals surface area contributed by atoms with Gasteiger partial charge in [0.05, 0.1) is 0 Å². The van der Waals surface area contributed by atoms with Crippen molar-refractivity contribution in [2.45, 2.75) is 11.8 Å². The molecule has 0 saturated heterocycles. The van der Waals surface area contributed by atoms with Crippen molar-refractivity contribution in [1.29, 1.82) is 0 Å². The second-order valence-electron chi connectivity index (χ2n) is 2.84. The fourth-order valence-corrected chi connectivity index (χ4v) is 1.17. The van der Waals surface area contributed by atoms with Gasteiger partial charge in [0.15, 0.2) is 17.5 Å². The van der Waals surface area contributed by atoms with Crippen molar-refractivity contribution in [3.63, 3.8) is 0 Å². The van der Waals surface area contributed by atoms with Gasteiger partial charge in [0.25, 0.3) is 0 Å². The second-order valence-corrected chi connectivity index (χ2v) is 3.37. The highest BCUT2D eigenvalue weighted by molar-refractivity contribution is 6.29. The maximum Gasteiger partial charge on any atom is 0.321 e. The van der Waals surface area contributed by atoms with Gasteiger partial charge in [0.1, 0.15) is 5.38 Å². The van der Waals surface area contributed by atoms with Crippen LogP contribution in [0.4, 0.5) is 13.2 Å². The van der Waals surface area contributed by atoms with Crippen molar-refractivity contribution < 1.29 is 23.1 Å². The van der Waals surface area contributed by atoms with Gasteiger partial charge in [0.2, 0.25) is 0 Å². The van der Waals surface area contributed by atoms with Crippen molar-refractivity contribution >= 4 is 17.6 Å². The molecule has 0 radical (unpaired) electrons. The molecule has 1 unspecified atom stereocenters. The van der Waals surface area contributed by atoms with E-state index in [1.54, 1.807) is 0 Å². The smallest absolute Gasteiger partial charge is 0.321 e. The number of carbonyl (C=O) groups is 1. The molecule has 0 aliphatic rings. The van der Waals surface area contributed by atoms with Crippen molar-refractivity contribution in [1.82, 2.24) is 0 Å². The van der Waals surface area contributed by atoms with Gasteiger partial charge < -0.3 is 5.11 Å². The lowest BCUT2D eigenvalue weighted by Crippen LogP contribution is -2.17. The first kappa shape index (κ1) is 11.8. The van der Waals surface area contributed by atoms with Gasteiger partial charge in [-0.05, 0) is 11.6 Å². The molecule has 15 heavy (non-hydrogen) atoms. The first-order valence-corrected chi connectivity index (χ1v) is 4.36. The minimum absolute atomic E-state index is 0.267. The molecule has 0 bridgehead atoms. The van der Waals surface area contributed by atoms with Crippen molar-refractivity contribution in [2.24, 2.45) is 0 Å². The standard InChI is InChI=1S/C9H6ClF3O2/c10-5(9(14)15)3-4-1-2-6(11)8(13)7(4)12/h1-2,5H,3H2,(H,14,15). The molecule has 0 aliphatic heterocycles. The van der Waals surface area contributed by atoms with Gasteiger partial charge in [0, 0.05) is 6.42 Å². The molecule has 0 aromatic heterocycles. The van der Waals surface area contributed by atoms with Crippen LogP contribution >= 0.6 is 11.6 Å². The fourth-order valence-electron chi connectivity index (χ4n) is 1.00. The number of benzene rings is 1. The summed E-state index contributed by atoms with van der Waals surface area (Å²) in [5, 5.41) is 7.06. The third-order valence-corrected chi connectivity index (χ3v) is 2.12. The molecule has 1 atom stereocenters. The molecule has 0 amide bonds. The van der Waals surface area contributed by atoms with Crippen LogP contribution in [0.5, 0.6) is 0 Å². The highest BCUT2D eigenvalue weighted by atomic mass is 35.5. The van der Waals surface area contributed by atoms with Crippen LogP contribution in [-0.2, 0) is 11.2 Å². The summed E-state index contributed by atoms with van der Waals surface area (Å²) in [6.45, 7) is 0. The van der Waals surface area contributed by atoms with E-state index in [0.29, 0.717) is 0 Å². The SMILES string of the molecule is O=C(O)C(Cl)Cc1ccc(F)c(F)c1F. The molecule has 1 aromatic carbocycles. The van der Waals surface area contributed by atoms with E-state index in [1.807, 2.05) is 0 Å². The van der Waals surface area contributed by atoms with Gasteiger partial charge in [-0.15, -0.1) is 11.6 Å². The zero-order valence-electron chi connectivity index (χ0n) is 7.31. The van der Waals surface area contributed by atoms with E-state index >= 15 is 0 Å². The maximum absolute atomic E-state index is 13.0. The van der Waals surface area contributed by atoms with E-state index in [-0.39, 0.29) is 5.56 Å². The van der Waals surface area contributed by atoms with Gasteiger partial charge >= 0.3 is 5.97 Å². The summed E-state index contributed by atoms with van der Waals surface area (Å²) in [4.78, 5) is 10.3. The van der Waals surface area contributed by atoms with Crippen molar-refractivity contribution in [3.8, 4) is 0 Å². The molecule has 0 spiro atoms. The second kappa shape index (κ2) is 4.53. The average Bonchev–Trinajstić information content (AvgIpc) is 2.18. The third-order valence-electron chi connectivity index (χ3n) is 1.78. The van der Waals surface area contributed by atoms with Crippen molar-refractivity contribution in [3.05, 3.63) is 35.1 Å². The Morgan fingerprint density at radius 1 is 1.33 bits per heavy atom. The number of hydrogen-bond donors (Lipinski definition) is 1. The molecule has 1 aromatic rings. The Bertz CT molecular complexity index is 395. The van der Waals surface area contributed by atoms with Gasteiger partial charge in [-0.3, -0.25) is 4.79 Å². The van der Waals surface area contributed by atoms with E-state index < -0.39 is 35.2 Å². The monoisotopic (exact) mass is 238 g/mol. The van der Waals surface area contributed by atoms with Gasteiger partial charge in [-0.2, -0.15) is 0 Å². The third kappa shape index (κ3) is 2.62. The predicted octanol–water partition coefficient (Wildman–Crippen LogP) is 2.34. The molecule has 0 heterocycles. The molecule has 1 rings (SSSR count). The van der Waals surface area contributed by atoms with Gasteiger partial charge in [-0.25, -0.2) is 13.2 Å². The largest absolute Gasteiger partial charge is 0.480 e. The Morgan fingerprint density at radius 2 is 1.93 bits per heavy atom. The van der Waals surface area contributed by atoms with E-state index in [2.05, 4.69) is 0 Å². The van der Waals surface area contributed by atoms with Crippen LogP contribution in [-0.4, -0.2) is 16.5 Å².